The molecule has 1 saturated heterocycles. The van der Waals surface area contributed by atoms with E-state index >= 15 is 0 Å². The Morgan fingerprint density at radius 1 is 1.38 bits per heavy atom. The minimum absolute atomic E-state index is 0. The van der Waals surface area contributed by atoms with Gasteiger partial charge in [0, 0.05) is 30.2 Å². The van der Waals surface area contributed by atoms with Gasteiger partial charge in [-0.1, -0.05) is 37.6 Å². The molecule has 1 aliphatic heterocycles. The summed E-state index contributed by atoms with van der Waals surface area (Å²) in [6.45, 7) is 7.43. The standard InChI is InChI=1S/C18H28ClN3O.HI/c1-14(2)6-9-21-17(20)22-13-18(7-10-23-11-8-18)15-4-3-5-16(19)12-15;/h3-5,12,14H,6-11,13H2,1-2H3,(H3,20,21,22);1H. The van der Waals surface area contributed by atoms with E-state index in [1.807, 2.05) is 18.2 Å². The zero-order valence-electron chi connectivity index (χ0n) is 14.6. The summed E-state index contributed by atoms with van der Waals surface area (Å²) in [6.07, 6.45) is 2.97. The molecule has 136 valence electrons. The quantitative estimate of drug-likeness (QED) is 0.380. The fraction of sp³-hybridized carbons (Fsp3) is 0.611. The van der Waals surface area contributed by atoms with Crippen molar-refractivity contribution in [3.8, 4) is 0 Å². The molecule has 1 aromatic rings. The van der Waals surface area contributed by atoms with Gasteiger partial charge in [-0.25, -0.2) is 0 Å². The van der Waals surface area contributed by atoms with Crippen LogP contribution in [-0.2, 0) is 10.2 Å². The molecule has 0 atom stereocenters. The first-order valence-corrected chi connectivity index (χ1v) is 8.77. The monoisotopic (exact) mass is 465 g/mol. The molecule has 1 fully saturated rings. The SMILES string of the molecule is CC(C)CCNC(N)=NCC1(c2cccc(Cl)c2)CCOCC1.I. The number of guanidine groups is 1. The third-order valence-corrected chi connectivity index (χ3v) is 4.70. The van der Waals surface area contributed by atoms with Crippen LogP contribution in [0.3, 0.4) is 0 Å². The lowest BCUT2D eigenvalue weighted by atomic mass is 9.74. The van der Waals surface area contributed by atoms with Crippen LogP contribution in [0.15, 0.2) is 29.3 Å². The molecule has 0 aromatic heterocycles. The van der Waals surface area contributed by atoms with E-state index in [0.717, 1.165) is 44.0 Å². The molecular weight excluding hydrogens is 437 g/mol. The maximum atomic E-state index is 6.18. The van der Waals surface area contributed by atoms with Gasteiger partial charge in [0.05, 0.1) is 6.54 Å². The molecule has 0 bridgehead atoms. The van der Waals surface area contributed by atoms with Crippen LogP contribution in [0.5, 0.6) is 0 Å². The van der Waals surface area contributed by atoms with Gasteiger partial charge in [0.25, 0.3) is 0 Å². The number of aliphatic imine (C=N–C) groups is 1. The first-order valence-electron chi connectivity index (χ1n) is 8.39. The number of rotatable bonds is 6. The minimum Gasteiger partial charge on any atom is -0.381 e. The summed E-state index contributed by atoms with van der Waals surface area (Å²) in [7, 11) is 0. The molecule has 6 heteroatoms. The Bertz CT molecular complexity index is 531. The summed E-state index contributed by atoms with van der Waals surface area (Å²) >= 11 is 6.18. The molecule has 2 rings (SSSR count). The summed E-state index contributed by atoms with van der Waals surface area (Å²) in [6, 6.07) is 8.09. The molecule has 0 radical (unpaired) electrons. The lowest BCUT2D eigenvalue weighted by Gasteiger charge is -2.36. The van der Waals surface area contributed by atoms with E-state index in [2.05, 4.69) is 30.2 Å². The van der Waals surface area contributed by atoms with Crippen molar-refractivity contribution >= 4 is 41.5 Å². The van der Waals surface area contributed by atoms with Gasteiger partial charge in [0.2, 0.25) is 0 Å². The average Bonchev–Trinajstić information content (AvgIpc) is 2.53. The molecule has 0 amide bonds. The molecule has 0 aliphatic carbocycles. The predicted octanol–water partition coefficient (Wildman–Crippen LogP) is 3.96. The van der Waals surface area contributed by atoms with Gasteiger partial charge in [-0.2, -0.15) is 0 Å². The summed E-state index contributed by atoms with van der Waals surface area (Å²) in [5, 5.41) is 3.97. The van der Waals surface area contributed by atoms with Gasteiger partial charge in [-0.15, -0.1) is 24.0 Å². The fourth-order valence-electron chi connectivity index (χ4n) is 2.90. The third kappa shape index (κ3) is 6.41. The summed E-state index contributed by atoms with van der Waals surface area (Å²) in [4.78, 5) is 4.61. The minimum atomic E-state index is -0.0342. The number of nitrogens with one attached hydrogen (secondary N) is 1. The van der Waals surface area contributed by atoms with Gasteiger partial charge in [0.15, 0.2) is 5.96 Å². The first-order chi connectivity index (χ1) is 11.0. The molecule has 4 nitrogen and oxygen atoms in total. The average molecular weight is 466 g/mol. The molecule has 0 spiro atoms. The summed E-state index contributed by atoms with van der Waals surface area (Å²) in [5.41, 5.74) is 7.22. The second kappa shape index (κ2) is 10.5. The Morgan fingerprint density at radius 2 is 2.08 bits per heavy atom. The van der Waals surface area contributed by atoms with Gasteiger partial charge in [0.1, 0.15) is 0 Å². The van der Waals surface area contributed by atoms with E-state index in [9.17, 15) is 0 Å². The van der Waals surface area contributed by atoms with Crippen molar-refractivity contribution in [2.24, 2.45) is 16.6 Å². The number of hydrogen-bond acceptors (Lipinski definition) is 2. The first kappa shape index (κ1) is 21.5. The Balaban J connectivity index is 0.00000288. The molecular formula is C18H29ClIN3O. The molecule has 0 unspecified atom stereocenters. The van der Waals surface area contributed by atoms with Gasteiger partial charge >= 0.3 is 0 Å². The second-order valence-corrected chi connectivity index (χ2v) is 7.15. The molecule has 3 N–H and O–H groups in total. The van der Waals surface area contributed by atoms with Crippen molar-refractivity contribution in [3.63, 3.8) is 0 Å². The highest BCUT2D eigenvalue weighted by molar-refractivity contribution is 14.0. The van der Waals surface area contributed by atoms with E-state index < -0.39 is 0 Å². The van der Waals surface area contributed by atoms with Gasteiger partial charge < -0.3 is 15.8 Å². The highest BCUT2D eigenvalue weighted by atomic mass is 127. The Kier molecular flexibility index (Phi) is 9.37. The van der Waals surface area contributed by atoms with Crippen LogP contribution in [0.4, 0.5) is 0 Å². The molecule has 1 aliphatic rings. The Labute approximate surface area is 167 Å². The summed E-state index contributed by atoms with van der Waals surface area (Å²) < 4.78 is 5.55. The van der Waals surface area contributed by atoms with E-state index in [1.165, 1.54) is 5.56 Å². The fourth-order valence-corrected chi connectivity index (χ4v) is 3.09. The number of halogens is 2. The van der Waals surface area contributed by atoms with Crippen molar-refractivity contribution in [3.05, 3.63) is 34.9 Å². The molecule has 1 aromatic carbocycles. The number of ether oxygens (including phenoxy) is 1. The maximum absolute atomic E-state index is 6.18. The highest BCUT2D eigenvalue weighted by Gasteiger charge is 2.34. The van der Waals surface area contributed by atoms with Crippen molar-refractivity contribution in [1.29, 1.82) is 0 Å². The van der Waals surface area contributed by atoms with Crippen molar-refractivity contribution in [2.45, 2.75) is 38.5 Å². The van der Waals surface area contributed by atoms with Gasteiger partial charge in [-0.05, 0) is 42.9 Å². The number of nitrogens with zero attached hydrogens (tertiary/aromatic N) is 1. The highest BCUT2D eigenvalue weighted by Crippen LogP contribution is 2.36. The predicted molar refractivity (Wildman–Crippen MR) is 113 cm³/mol. The molecule has 0 saturated carbocycles. The van der Waals surface area contributed by atoms with E-state index in [0.29, 0.717) is 18.4 Å². The van der Waals surface area contributed by atoms with Crippen LogP contribution in [0.2, 0.25) is 5.02 Å². The van der Waals surface area contributed by atoms with Crippen LogP contribution < -0.4 is 11.1 Å². The van der Waals surface area contributed by atoms with Crippen LogP contribution >= 0.6 is 35.6 Å². The lowest BCUT2D eigenvalue weighted by Crippen LogP contribution is -2.39. The summed E-state index contributed by atoms with van der Waals surface area (Å²) in [5.74, 6) is 1.18. The Morgan fingerprint density at radius 3 is 2.71 bits per heavy atom. The van der Waals surface area contributed by atoms with Crippen LogP contribution in [0.25, 0.3) is 0 Å². The van der Waals surface area contributed by atoms with Crippen molar-refractivity contribution in [1.82, 2.24) is 5.32 Å². The number of hydrogen-bond donors (Lipinski definition) is 2. The van der Waals surface area contributed by atoms with Gasteiger partial charge in [-0.3, -0.25) is 4.99 Å². The van der Waals surface area contributed by atoms with E-state index in [1.54, 1.807) is 0 Å². The largest absolute Gasteiger partial charge is 0.381 e. The smallest absolute Gasteiger partial charge is 0.188 e. The van der Waals surface area contributed by atoms with E-state index in [-0.39, 0.29) is 29.4 Å². The van der Waals surface area contributed by atoms with Crippen molar-refractivity contribution < 1.29 is 4.74 Å². The molecule has 1 heterocycles. The maximum Gasteiger partial charge on any atom is 0.188 e. The Hall–Kier alpha value is -0.530. The normalized spacial score (nSPS) is 17.4. The second-order valence-electron chi connectivity index (χ2n) is 6.71. The van der Waals surface area contributed by atoms with Crippen molar-refractivity contribution in [2.75, 3.05) is 26.3 Å². The number of benzene rings is 1. The number of nitrogens with two attached hydrogens (primary N) is 1. The molecule has 24 heavy (non-hydrogen) atoms. The topological polar surface area (TPSA) is 59.6 Å². The zero-order valence-corrected chi connectivity index (χ0v) is 17.6. The van der Waals surface area contributed by atoms with Crippen LogP contribution in [0.1, 0.15) is 38.7 Å². The zero-order chi connectivity index (χ0) is 16.7. The lowest BCUT2D eigenvalue weighted by molar-refractivity contribution is 0.0531. The van der Waals surface area contributed by atoms with Crippen LogP contribution in [0, 0.1) is 5.92 Å². The van der Waals surface area contributed by atoms with E-state index in [4.69, 9.17) is 22.1 Å². The van der Waals surface area contributed by atoms with Crippen LogP contribution in [-0.4, -0.2) is 32.3 Å². The third-order valence-electron chi connectivity index (χ3n) is 4.47.